The van der Waals surface area contributed by atoms with Gasteiger partial charge in [-0.15, -0.1) is 0 Å². The third kappa shape index (κ3) is 6.40. The van der Waals surface area contributed by atoms with E-state index < -0.39 is 0 Å². The second-order valence-corrected chi connectivity index (χ2v) is 3.41. The minimum atomic E-state index is 0.957. The van der Waals surface area contributed by atoms with Crippen LogP contribution in [0.15, 0.2) is 0 Å². The Labute approximate surface area is 72.4 Å². The topological polar surface area (TPSA) is 0 Å². The first-order chi connectivity index (χ1) is 5.35. The lowest BCUT2D eigenvalue weighted by molar-refractivity contribution is 0.419. The van der Waals surface area contributed by atoms with E-state index in [0.29, 0.717) is 0 Å². The fourth-order valence-electron chi connectivity index (χ4n) is 1.52. The Morgan fingerprint density at radius 3 is 2.27 bits per heavy atom. The summed E-state index contributed by atoms with van der Waals surface area (Å²) in [5, 5.41) is 0. The molecule has 0 saturated heterocycles. The van der Waals surface area contributed by atoms with Crippen LogP contribution in [0.2, 0.25) is 0 Å². The second-order valence-electron chi connectivity index (χ2n) is 3.41. The van der Waals surface area contributed by atoms with E-state index in [0.717, 1.165) is 12.3 Å². The summed E-state index contributed by atoms with van der Waals surface area (Å²) in [5.41, 5.74) is 0. The standard InChI is InChI=1S/C11H23/c1-4-7-8-10-11(6-3)9-5-2/h11H,2,4-10H2,1,3H3. The van der Waals surface area contributed by atoms with E-state index in [1.807, 2.05) is 0 Å². The van der Waals surface area contributed by atoms with Crippen molar-refractivity contribution in [1.82, 2.24) is 0 Å². The summed E-state index contributed by atoms with van der Waals surface area (Å²) in [4.78, 5) is 0. The van der Waals surface area contributed by atoms with Crippen LogP contribution in [0.1, 0.15) is 58.8 Å². The molecular formula is C11H23. The summed E-state index contributed by atoms with van der Waals surface area (Å²) in [6, 6.07) is 0. The molecule has 0 aromatic carbocycles. The number of hydrogen-bond donors (Lipinski definition) is 0. The molecule has 0 aliphatic rings. The van der Waals surface area contributed by atoms with Crippen molar-refractivity contribution in [3.63, 3.8) is 0 Å². The van der Waals surface area contributed by atoms with Crippen LogP contribution in [0, 0.1) is 12.8 Å². The molecular weight excluding hydrogens is 132 g/mol. The van der Waals surface area contributed by atoms with Crippen molar-refractivity contribution in [3.8, 4) is 0 Å². The van der Waals surface area contributed by atoms with Crippen molar-refractivity contribution in [2.24, 2.45) is 5.92 Å². The zero-order chi connectivity index (χ0) is 8.53. The maximum Gasteiger partial charge on any atom is -0.0417 e. The molecule has 0 nitrogen and oxygen atoms in total. The zero-order valence-electron chi connectivity index (χ0n) is 8.23. The molecule has 0 spiro atoms. The Hall–Kier alpha value is 0. The molecule has 0 aromatic heterocycles. The maximum absolute atomic E-state index is 3.90. The normalized spacial score (nSPS) is 13.4. The van der Waals surface area contributed by atoms with Gasteiger partial charge in [-0.2, -0.15) is 0 Å². The van der Waals surface area contributed by atoms with Crippen LogP contribution in [0.5, 0.6) is 0 Å². The van der Waals surface area contributed by atoms with Crippen molar-refractivity contribution in [3.05, 3.63) is 6.92 Å². The third-order valence-electron chi connectivity index (χ3n) is 2.41. The summed E-state index contributed by atoms with van der Waals surface area (Å²) in [7, 11) is 0. The zero-order valence-corrected chi connectivity index (χ0v) is 8.23. The maximum atomic E-state index is 3.90. The van der Waals surface area contributed by atoms with Gasteiger partial charge in [-0.05, 0) is 5.92 Å². The van der Waals surface area contributed by atoms with Gasteiger partial charge in [-0.3, -0.25) is 0 Å². The molecule has 0 aliphatic heterocycles. The van der Waals surface area contributed by atoms with Crippen LogP contribution >= 0.6 is 0 Å². The van der Waals surface area contributed by atoms with E-state index in [9.17, 15) is 0 Å². The van der Waals surface area contributed by atoms with E-state index in [2.05, 4.69) is 20.8 Å². The van der Waals surface area contributed by atoms with Gasteiger partial charge in [0.15, 0.2) is 0 Å². The summed E-state index contributed by atoms with van der Waals surface area (Å²) >= 11 is 0. The van der Waals surface area contributed by atoms with E-state index in [1.165, 1.54) is 38.5 Å². The van der Waals surface area contributed by atoms with Gasteiger partial charge in [0.1, 0.15) is 0 Å². The van der Waals surface area contributed by atoms with E-state index >= 15 is 0 Å². The van der Waals surface area contributed by atoms with Crippen molar-refractivity contribution < 1.29 is 0 Å². The van der Waals surface area contributed by atoms with Gasteiger partial charge in [0, 0.05) is 0 Å². The number of hydrogen-bond acceptors (Lipinski definition) is 0. The average Bonchev–Trinajstić information content (AvgIpc) is 2.03. The molecule has 0 fully saturated rings. The molecule has 0 rings (SSSR count). The molecule has 0 heterocycles. The molecule has 0 aliphatic carbocycles. The van der Waals surface area contributed by atoms with Gasteiger partial charge in [0.05, 0.1) is 0 Å². The minimum absolute atomic E-state index is 0.957. The van der Waals surface area contributed by atoms with Gasteiger partial charge in [0.25, 0.3) is 0 Å². The quantitative estimate of drug-likeness (QED) is 0.483. The van der Waals surface area contributed by atoms with Crippen LogP contribution in [0.4, 0.5) is 0 Å². The predicted molar refractivity (Wildman–Crippen MR) is 52.5 cm³/mol. The lowest BCUT2D eigenvalue weighted by atomic mass is 9.94. The highest BCUT2D eigenvalue weighted by Gasteiger charge is 2.03. The molecule has 0 aromatic rings. The highest BCUT2D eigenvalue weighted by molar-refractivity contribution is 4.58. The molecule has 0 saturated carbocycles. The van der Waals surface area contributed by atoms with Crippen LogP contribution in [-0.2, 0) is 0 Å². The smallest absolute Gasteiger partial charge is 0.0417 e. The Morgan fingerprint density at radius 1 is 1.09 bits per heavy atom. The van der Waals surface area contributed by atoms with Crippen LogP contribution in [-0.4, -0.2) is 0 Å². The highest BCUT2D eigenvalue weighted by atomic mass is 14.1. The summed E-state index contributed by atoms with van der Waals surface area (Å²) < 4.78 is 0. The molecule has 0 amide bonds. The summed E-state index contributed by atoms with van der Waals surface area (Å²) in [6.45, 7) is 8.47. The highest BCUT2D eigenvalue weighted by Crippen LogP contribution is 2.18. The molecule has 0 heteroatoms. The lowest BCUT2D eigenvalue weighted by Gasteiger charge is -2.12. The summed E-state index contributed by atoms with van der Waals surface area (Å²) in [6.07, 6.45) is 9.41. The van der Waals surface area contributed by atoms with Gasteiger partial charge in [-0.1, -0.05) is 65.7 Å². The average molecular weight is 155 g/mol. The van der Waals surface area contributed by atoms with Crippen LogP contribution in [0.25, 0.3) is 0 Å². The molecule has 1 atom stereocenters. The van der Waals surface area contributed by atoms with Crippen molar-refractivity contribution in [2.45, 2.75) is 58.8 Å². The predicted octanol–water partition coefficient (Wildman–Crippen LogP) is 4.21. The summed E-state index contributed by atoms with van der Waals surface area (Å²) in [5.74, 6) is 0.957. The van der Waals surface area contributed by atoms with E-state index in [4.69, 9.17) is 0 Å². The first kappa shape index (κ1) is 11.0. The Morgan fingerprint density at radius 2 is 1.82 bits per heavy atom. The molecule has 11 heavy (non-hydrogen) atoms. The minimum Gasteiger partial charge on any atom is -0.0654 e. The Bertz CT molecular complexity index is 66.4. The molecule has 67 valence electrons. The van der Waals surface area contributed by atoms with Crippen molar-refractivity contribution >= 4 is 0 Å². The Balaban J connectivity index is 3.20. The Kier molecular flexibility index (Phi) is 8.10. The number of unbranched alkanes of at least 4 members (excludes halogenated alkanes) is 2. The molecule has 0 bridgehead atoms. The van der Waals surface area contributed by atoms with Crippen molar-refractivity contribution in [1.29, 1.82) is 0 Å². The molecule has 1 unspecified atom stereocenters. The van der Waals surface area contributed by atoms with Gasteiger partial charge in [-0.25, -0.2) is 0 Å². The van der Waals surface area contributed by atoms with Crippen LogP contribution in [0.3, 0.4) is 0 Å². The largest absolute Gasteiger partial charge is 0.0654 e. The fraction of sp³-hybridized carbons (Fsp3) is 0.909. The third-order valence-corrected chi connectivity index (χ3v) is 2.41. The van der Waals surface area contributed by atoms with E-state index in [-0.39, 0.29) is 0 Å². The lowest BCUT2D eigenvalue weighted by Crippen LogP contribution is -1.97. The number of rotatable bonds is 7. The first-order valence-electron chi connectivity index (χ1n) is 5.14. The SMILES string of the molecule is [CH2]CCC(CC)CCCCC. The van der Waals surface area contributed by atoms with Gasteiger partial charge in [0.2, 0.25) is 0 Å². The van der Waals surface area contributed by atoms with Crippen molar-refractivity contribution in [2.75, 3.05) is 0 Å². The monoisotopic (exact) mass is 155 g/mol. The van der Waals surface area contributed by atoms with Gasteiger partial charge >= 0.3 is 0 Å². The van der Waals surface area contributed by atoms with Crippen LogP contribution < -0.4 is 0 Å². The molecule has 1 radical (unpaired) electrons. The fourth-order valence-corrected chi connectivity index (χ4v) is 1.52. The van der Waals surface area contributed by atoms with E-state index in [1.54, 1.807) is 0 Å². The molecule has 0 N–H and O–H groups in total. The van der Waals surface area contributed by atoms with Gasteiger partial charge < -0.3 is 0 Å². The first-order valence-corrected chi connectivity index (χ1v) is 5.14. The second kappa shape index (κ2) is 8.10.